The van der Waals surface area contributed by atoms with Crippen molar-refractivity contribution < 1.29 is 9.47 Å². The van der Waals surface area contributed by atoms with E-state index in [9.17, 15) is 0 Å². The van der Waals surface area contributed by atoms with E-state index < -0.39 is 5.79 Å². The van der Waals surface area contributed by atoms with Crippen molar-refractivity contribution in [1.29, 1.82) is 0 Å². The Bertz CT molecular complexity index is 717. The number of hydrogen-bond donors (Lipinski definition) is 0. The minimum Gasteiger partial charge on any atom is -0.344 e. The van der Waals surface area contributed by atoms with Gasteiger partial charge < -0.3 is 14.0 Å². The monoisotopic (exact) mass is 322 g/mol. The van der Waals surface area contributed by atoms with Crippen molar-refractivity contribution in [1.82, 2.24) is 19.5 Å². The molecule has 1 saturated heterocycles. The standard InChI is InChI=1S/C15H19ClN4O2/c1-4-8-5-9(12-11(8)21-15(2,3)22-12)20-7-19-10-13(16)17-6-18-14(10)20/h6-9,11-12H,4-5H2,1-3H3/t8?,9-,11-,12+/m1/s1. The van der Waals surface area contributed by atoms with E-state index in [1.165, 1.54) is 6.33 Å². The molecule has 2 aromatic heterocycles. The highest BCUT2D eigenvalue weighted by Gasteiger charge is 2.54. The summed E-state index contributed by atoms with van der Waals surface area (Å²) in [5, 5.41) is 0.384. The van der Waals surface area contributed by atoms with Gasteiger partial charge in [0.1, 0.15) is 17.9 Å². The van der Waals surface area contributed by atoms with E-state index in [1.807, 2.05) is 13.8 Å². The van der Waals surface area contributed by atoms with Crippen molar-refractivity contribution in [3.63, 3.8) is 0 Å². The predicted molar refractivity (Wildman–Crippen MR) is 81.6 cm³/mol. The fourth-order valence-corrected chi connectivity index (χ4v) is 3.97. The summed E-state index contributed by atoms with van der Waals surface area (Å²) in [4.78, 5) is 12.7. The van der Waals surface area contributed by atoms with E-state index in [-0.39, 0.29) is 18.2 Å². The summed E-state index contributed by atoms with van der Waals surface area (Å²) < 4.78 is 14.4. The van der Waals surface area contributed by atoms with Crippen LogP contribution in [0.25, 0.3) is 11.2 Å². The molecule has 2 aliphatic rings. The summed E-state index contributed by atoms with van der Waals surface area (Å²) in [7, 11) is 0. The molecule has 1 aliphatic carbocycles. The van der Waals surface area contributed by atoms with E-state index in [0.717, 1.165) is 18.5 Å². The minimum atomic E-state index is -0.537. The molecule has 1 unspecified atom stereocenters. The number of rotatable bonds is 2. The van der Waals surface area contributed by atoms with Gasteiger partial charge in [0.05, 0.1) is 18.5 Å². The molecule has 4 rings (SSSR count). The van der Waals surface area contributed by atoms with Gasteiger partial charge in [-0.25, -0.2) is 15.0 Å². The Hall–Kier alpha value is -1.24. The lowest BCUT2D eigenvalue weighted by atomic mass is 10.0. The zero-order valence-corrected chi connectivity index (χ0v) is 13.6. The molecule has 7 heteroatoms. The van der Waals surface area contributed by atoms with Gasteiger partial charge in [-0.15, -0.1) is 0 Å². The van der Waals surface area contributed by atoms with Crippen LogP contribution < -0.4 is 0 Å². The van der Waals surface area contributed by atoms with Crippen molar-refractivity contribution in [3.8, 4) is 0 Å². The Balaban J connectivity index is 1.77. The highest BCUT2D eigenvalue weighted by molar-refractivity contribution is 6.33. The topological polar surface area (TPSA) is 62.1 Å². The zero-order chi connectivity index (χ0) is 15.5. The second kappa shape index (κ2) is 4.88. The number of aromatic nitrogens is 4. The lowest BCUT2D eigenvalue weighted by Crippen LogP contribution is -2.27. The third-order valence-electron chi connectivity index (χ3n) is 4.75. The molecule has 6 nitrogen and oxygen atoms in total. The first-order valence-electron chi connectivity index (χ1n) is 7.69. The second-order valence-electron chi connectivity index (χ2n) is 6.52. The van der Waals surface area contributed by atoms with Crippen LogP contribution in [0.4, 0.5) is 0 Å². The van der Waals surface area contributed by atoms with Gasteiger partial charge in [-0.3, -0.25) is 0 Å². The lowest BCUT2D eigenvalue weighted by Gasteiger charge is -2.23. The Morgan fingerprint density at radius 3 is 2.82 bits per heavy atom. The van der Waals surface area contributed by atoms with Crippen molar-refractivity contribution in [3.05, 3.63) is 17.8 Å². The molecule has 0 amide bonds. The average molecular weight is 323 g/mol. The van der Waals surface area contributed by atoms with E-state index in [0.29, 0.717) is 16.6 Å². The quantitative estimate of drug-likeness (QED) is 0.795. The maximum atomic E-state index is 6.17. The summed E-state index contributed by atoms with van der Waals surface area (Å²) in [6.07, 6.45) is 5.47. The maximum Gasteiger partial charge on any atom is 0.165 e. The summed E-state index contributed by atoms with van der Waals surface area (Å²) in [5.41, 5.74) is 1.40. The summed E-state index contributed by atoms with van der Waals surface area (Å²) in [5.74, 6) is -0.0590. The van der Waals surface area contributed by atoms with Gasteiger partial charge >= 0.3 is 0 Å². The highest BCUT2D eigenvalue weighted by Crippen LogP contribution is 2.48. The normalized spacial score (nSPS) is 33.5. The predicted octanol–water partition coefficient (Wildman–Crippen LogP) is 2.97. The van der Waals surface area contributed by atoms with Gasteiger partial charge in [-0.1, -0.05) is 24.9 Å². The van der Waals surface area contributed by atoms with Crippen molar-refractivity contribution in [2.75, 3.05) is 0 Å². The molecule has 22 heavy (non-hydrogen) atoms. The van der Waals surface area contributed by atoms with Crippen LogP contribution >= 0.6 is 11.6 Å². The minimum absolute atomic E-state index is 0.0195. The van der Waals surface area contributed by atoms with Crippen LogP contribution in [-0.4, -0.2) is 37.5 Å². The van der Waals surface area contributed by atoms with Crippen molar-refractivity contribution in [2.45, 2.75) is 57.6 Å². The Kier molecular flexibility index (Phi) is 3.18. The summed E-state index contributed by atoms with van der Waals surface area (Å²) in [6, 6.07) is 0.160. The first kappa shape index (κ1) is 14.4. The molecule has 4 atom stereocenters. The Morgan fingerprint density at radius 1 is 1.27 bits per heavy atom. The van der Waals surface area contributed by atoms with E-state index >= 15 is 0 Å². The number of ether oxygens (including phenoxy) is 2. The van der Waals surface area contributed by atoms with Gasteiger partial charge in [0.2, 0.25) is 0 Å². The highest BCUT2D eigenvalue weighted by atomic mass is 35.5. The molecule has 1 aliphatic heterocycles. The van der Waals surface area contributed by atoms with E-state index in [2.05, 4.69) is 26.4 Å². The smallest absolute Gasteiger partial charge is 0.165 e. The average Bonchev–Trinajstić information content (AvgIpc) is 3.10. The number of imidazole rings is 1. The fraction of sp³-hybridized carbons (Fsp3) is 0.667. The maximum absolute atomic E-state index is 6.17. The largest absolute Gasteiger partial charge is 0.344 e. The van der Waals surface area contributed by atoms with E-state index in [4.69, 9.17) is 21.1 Å². The van der Waals surface area contributed by atoms with Gasteiger partial charge in [0.25, 0.3) is 0 Å². The fourth-order valence-electron chi connectivity index (χ4n) is 3.79. The summed E-state index contributed by atoms with van der Waals surface area (Å²) in [6.45, 7) is 6.14. The van der Waals surface area contributed by atoms with Crippen LogP contribution in [0.5, 0.6) is 0 Å². The van der Waals surface area contributed by atoms with Crippen molar-refractivity contribution >= 4 is 22.8 Å². The Morgan fingerprint density at radius 2 is 2.05 bits per heavy atom. The lowest BCUT2D eigenvalue weighted by molar-refractivity contribution is -0.160. The Labute approximate surface area is 133 Å². The van der Waals surface area contributed by atoms with Crippen LogP contribution in [0.1, 0.15) is 39.7 Å². The molecule has 0 N–H and O–H groups in total. The van der Waals surface area contributed by atoms with Crippen LogP contribution in [-0.2, 0) is 9.47 Å². The van der Waals surface area contributed by atoms with Gasteiger partial charge in [0.15, 0.2) is 16.6 Å². The first-order chi connectivity index (χ1) is 10.5. The summed E-state index contributed by atoms with van der Waals surface area (Å²) >= 11 is 6.11. The van der Waals surface area contributed by atoms with Gasteiger partial charge in [-0.05, 0) is 26.2 Å². The van der Waals surface area contributed by atoms with Crippen molar-refractivity contribution in [2.24, 2.45) is 5.92 Å². The zero-order valence-electron chi connectivity index (χ0n) is 12.9. The van der Waals surface area contributed by atoms with Crippen LogP contribution in [0, 0.1) is 5.92 Å². The SMILES string of the molecule is CCC1C[C@@H](n2cnc3c(Cl)ncnc32)[C@@H]2OC(C)(C)O[C@H]12. The van der Waals surface area contributed by atoms with E-state index in [1.54, 1.807) is 6.33 Å². The van der Waals surface area contributed by atoms with Crippen LogP contribution in [0.2, 0.25) is 5.15 Å². The van der Waals surface area contributed by atoms with Crippen LogP contribution in [0.3, 0.4) is 0 Å². The molecule has 0 bridgehead atoms. The molecule has 118 valence electrons. The molecule has 0 spiro atoms. The first-order valence-corrected chi connectivity index (χ1v) is 8.06. The molecule has 2 aromatic rings. The number of halogens is 1. The molecule has 0 aromatic carbocycles. The molecule has 2 fully saturated rings. The number of nitrogens with zero attached hydrogens (tertiary/aromatic N) is 4. The third-order valence-corrected chi connectivity index (χ3v) is 5.02. The van der Waals surface area contributed by atoms with Gasteiger partial charge in [0, 0.05) is 0 Å². The second-order valence-corrected chi connectivity index (χ2v) is 6.88. The molecule has 3 heterocycles. The molecular weight excluding hydrogens is 304 g/mol. The molecule has 0 radical (unpaired) electrons. The molecular formula is C15H19ClN4O2. The number of fused-ring (bicyclic) bond motifs is 2. The molecule has 1 saturated carbocycles. The van der Waals surface area contributed by atoms with Gasteiger partial charge in [-0.2, -0.15) is 0 Å². The number of hydrogen-bond acceptors (Lipinski definition) is 5. The van der Waals surface area contributed by atoms with Crippen LogP contribution in [0.15, 0.2) is 12.7 Å². The third kappa shape index (κ3) is 2.05.